The summed E-state index contributed by atoms with van der Waals surface area (Å²) in [5.74, 6) is 0. The fraction of sp³-hybridized carbons (Fsp3) is 0.562. The Morgan fingerprint density at radius 2 is 1.24 bits per heavy atom. The summed E-state index contributed by atoms with van der Waals surface area (Å²) in [4.78, 5) is 12.3. The van der Waals surface area contributed by atoms with Crippen LogP contribution in [0.5, 0.6) is 0 Å². The average Bonchev–Trinajstić information content (AvgIpc) is 2.98. The minimum atomic E-state index is -6.72. The minimum Gasteiger partial charge on any atom is -0.450 e. The zero-order valence-electron chi connectivity index (χ0n) is 27.8. The number of carbonyl (C=O) groups is 1. The largest absolute Gasteiger partial charge is 0.480 e. The van der Waals surface area contributed by atoms with E-state index in [-0.39, 0.29) is 6.09 Å². The number of carbonyl (C=O) groups excluding carboxylic acids is 1. The van der Waals surface area contributed by atoms with E-state index in [0.717, 1.165) is 40.2 Å². The molecule has 1 heterocycles. The van der Waals surface area contributed by atoms with Crippen molar-refractivity contribution in [2.75, 3.05) is 6.61 Å². The molecule has 2 aromatic rings. The third kappa shape index (κ3) is 16.9. The summed E-state index contributed by atoms with van der Waals surface area (Å²) in [6.45, 7) is 11.6. The Morgan fingerprint density at radius 1 is 0.776 bits per heavy atom. The van der Waals surface area contributed by atoms with Crippen LogP contribution < -0.4 is 9.88 Å². The molecule has 1 aromatic heterocycles. The number of halogens is 6. The Kier molecular flexibility index (Phi) is 17.8. The van der Waals surface area contributed by atoms with Gasteiger partial charge in [0.1, 0.15) is 6.54 Å². The van der Waals surface area contributed by atoms with Crippen LogP contribution in [0, 0.1) is 0 Å². The van der Waals surface area contributed by atoms with Crippen LogP contribution in [0.25, 0.3) is 9.70 Å². The quantitative estimate of drug-likeness (QED) is 0.0926. The van der Waals surface area contributed by atoms with Crippen molar-refractivity contribution in [1.29, 1.82) is 0 Å². The van der Waals surface area contributed by atoms with Gasteiger partial charge in [0.05, 0.1) is 12.1 Å². The van der Waals surface area contributed by atoms with Crippen molar-refractivity contribution in [3.05, 3.63) is 76.7 Å². The van der Waals surface area contributed by atoms with E-state index in [9.17, 15) is 48.0 Å². The van der Waals surface area contributed by atoms with Gasteiger partial charge < -0.3 is 14.2 Å². The summed E-state index contributed by atoms with van der Waals surface area (Å²) < 4.78 is 117. The third-order valence-electron chi connectivity index (χ3n) is 7.09. The fourth-order valence-electron chi connectivity index (χ4n) is 4.31. The molecule has 2 rings (SSSR count). The molecule has 0 bridgehead atoms. The van der Waals surface area contributed by atoms with E-state index in [0.29, 0.717) is 6.61 Å². The van der Waals surface area contributed by atoms with Gasteiger partial charge in [-0.1, -0.05) is 81.4 Å². The van der Waals surface area contributed by atoms with Crippen LogP contribution >= 0.6 is 0 Å². The van der Waals surface area contributed by atoms with Gasteiger partial charge in [-0.2, -0.15) is 26.3 Å². The van der Waals surface area contributed by atoms with Gasteiger partial charge in [0.2, 0.25) is 0 Å². The molecular formula is C32H45F6N3O6S2. The first-order valence-electron chi connectivity index (χ1n) is 15.6. The van der Waals surface area contributed by atoms with Crippen LogP contribution in [-0.2, 0) is 36.9 Å². The highest BCUT2D eigenvalue weighted by molar-refractivity contribution is 8.13. The number of alkyl halides is 6. The van der Waals surface area contributed by atoms with Gasteiger partial charge >= 0.3 is 17.1 Å². The van der Waals surface area contributed by atoms with Gasteiger partial charge in [-0.05, 0) is 50.8 Å². The molecule has 0 radical (unpaired) electrons. The average molecular weight is 746 g/mol. The molecule has 17 heteroatoms. The van der Waals surface area contributed by atoms with Crippen LogP contribution in [0.4, 0.5) is 31.1 Å². The molecule has 0 aliphatic carbocycles. The minimum absolute atomic E-state index is 0.351. The van der Waals surface area contributed by atoms with E-state index < -0.39 is 36.6 Å². The van der Waals surface area contributed by atoms with Crippen molar-refractivity contribution in [2.45, 2.75) is 108 Å². The summed E-state index contributed by atoms with van der Waals surface area (Å²) >= 11 is 0. The number of allylic oxidation sites excluding steroid dienone is 1. The molecule has 0 aliphatic heterocycles. The number of hydrogen-bond acceptors (Lipinski definition) is 6. The molecule has 0 unspecified atom stereocenters. The second-order valence-corrected chi connectivity index (χ2v) is 15.2. The van der Waals surface area contributed by atoms with Gasteiger partial charge in [0.25, 0.3) is 0 Å². The zero-order chi connectivity index (χ0) is 37.4. The maximum Gasteiger partial charge on any atom is 0.480 e. The number of nitrogens with zero attached hydrogens (tertiary/aromatic N) is 2. The standard InChI is InChI=1S/C30H44N2O2.C2F6NO4S2/c1-26(2)27-19-18-20-28(25-27)30(3,4)31-29(33)34-24-17-12-10-8-6-5-7-9-11-14-21-32-22-15-13-16-23-32;3-1(4,5)14(10,11)9-15(12,13)2(6,7)8/h13,15-16,18-20,22-23,25H,1,5-12,14,17,21,24H2,2-4H3;/q;-1/p+1. The number of ether oxygens (including phenoxy) is 1. The number of hydrogen-bond donors (Lipinski definition) is 1. The number of unbranched alkanes of at least 4 members (excludes halogenated alkanes) is 9. The molecule has 1 aromatic carbocycles. The summed E-state index contributed by atoms with van der Waals surface area (Å²) in [6, 6.07) is 14.4. The van der Waals surface area contributed by atoms with Crippen molar-refractivity contribution >= 4 is 31.7 Å². The molecule has 0 saturated heterocycles. The Morgan fingerprint density at radius 3 is 1.71 bits per heavy atom. The first-order chi connectivity index (χ1) is 22.6. The fourth-order valence-corrected chi connectivity index (χ4v) is 6.02. The van der Waals surface area contributed by atoms with E-state index in [4.69, 9.17) is 4.74 Å². The SMILES string of the molecule is C=C(C)c1cccc(C(C)(C)NC(=O)OCCCCCCCCCCCC[n+]2ccccc2)c1.O=S(=O)([N-]S(=O)(=O)C(F)(F)F)C(F)(F)F. The van der Waals surface area contributed by atoms with Crippen LogP contribution in [0.3, 0.4) is 0 Å². The predicted octanol–water partition coefficient (Wildman–Crippen LogP) is 8.63. The van der Waals surface area contributed by atoms with Crippen molar-refractivity contribution in [2.24, 2.45) is 0 Å². The van der Waals surface area contributed by atoms with E-state index >= 15 is 0 Å². The van der Waals surface area contributed by atoms with Crippen molar-refractivity contribution in [3.63, 3.8) is 0 Å². The molecule has 1 amide bonds. The molecule has 49 heavy (non-hydrogen) atoms. The lowest BCUT2D eigenvalue weighted by Gasteiger charge is -2.27. The summed E-state index contributed by atoms with van der Waals surface area (Å²) in [7, 11) is -13.4. The smallest absolute Gasteiger partial charge is 0.450 e. The number of sulfonamides is 2. The Bertz CT molecular complexity index is 1490. The first-order valence-corrected chi connectivity index (χ1v) is 18.5. The lowest BCUT2D eigenvalue weighted by Crippen LogP contribution is -2.41. The Balaban J connectivity index is 0.000000673. The van der Waals surface area contributed by atoms with Gasteiger partial charge in [-0.25, -0.2) is 26.2 Å². The van der Waals surface area contributed by atoms with Crippen LogP contribution in [0.15, 0.2) is 61.4 Å². The molecule has 0 spiro atoms. The highest BCUT2D eigenvalue weighted by Crippen LogP contribution is 2.36. The van der Waals surface area contributed by atoms with Crippen molar-refractivity contribution < 1.29 is 57.3 Å². The highest BCUT2D eigenvalue weighted by atomic mass is 32.3. The monoisotopic (exact) mass is 745 g/mol. The maximum atomic E-state index is 12.3. The third-order valence-corrected chi connectivity index (χ3v) is 9.83. The normalized spacial score (nSPS) is 12.5. The van der Waals surface area contributed by atoms with Crippen molar-refractivity contribution in [3.8, 4) is 0 Å². The van der Waals surface area contributed by atoms with Gasteiger partial charge in [0.15, 0.2) is 32.4 Å². The Labute approximate surface area is 285 Å². The van der Waals surface area contributed by atoms with Crippen LogP contribution in [0.2, 0.25) is 0 Å². The maximum absolute atomic E-state index is 12.3. The van der Waals surface area contributed by atoms with Crippen LogP contribution in [0.1, 0.15) is 96.1 Å². The molecule has 0 aliphatic rings. The van der Waals surface area contributed by atoms with Crippen LogP contribution in [-0.4, -0.2) is 40.6 Å². The lowest BCUT2D eigenvalue weighted by molar-refractivity contribution is -0.697. The number of rotatable bonds is 18. The Hall–Kier alpha value is -3.18. The molecule has 1 N–H and O–H groups in total. The molecular weight excluding hydrogens is 700 g/mol. The molecule has 0 fully saturated rings. The van der Waals surface area contributed by atoms with E-state index in [1.54, 1.807) is 0 Å². The van der Waals surface area contributed by atoms with Gasteiger partial charge in [-0.15, -0.1) is 0 Å². The second-order valence-electron chi connectivity index (χ2n) is 11.8. The molecule has 278 valence electrons. The van der Waals surface area contributed by atoms with E-state index in [1.807, 2.05) is 39.0 Å². The number of nitrogens with one attached hydrogen (secondary N) is 1. The van der Waals surface area contributed by atoms with Gasteiger partial charge in [-0.3, -0.25) is 0 Å². The van der Waals surface area contributed by atoms with E-state index in [2.05, 4.69) is 53.1 Å². The summed E-state index contributed by atoms with van der Waals surface area (Å²) in [5.41, 5.74) is -9.76. The number of alkyl carbamates (subject to hydrolysis) is 1. The topological polar surface area (TPSA) is 125 Å². The van der Waals surface area contributed by atoms with Gasteiger partial charge in [0, 0.05) is 18.6 Å². The first kappa shape index (κ1) is 43.8. The summed E-state index contributed by atoms with van der Waals surface area (Å²) in [5, 5.41) is 3.00. The molecule has 9 nitrogen and oxygen atoms in total. The highest BCUT2D eigenvalue weighted by Gasteiger charge is 2.47. The van der Waals surface area contributed by atoms with Crippen molar-refractivity contribution in [1.82, 2.24) is 5.32 Å². The predicted molar refractivity (Wildman–Crippen MR) is 175 cm³/mol. The number of benzene rings is 1. The lowest BCUT2D eigenvalue weighted by atomic mass is 9.92. The number of aromatic nitrogens is 1. The molecule has 0 saturated carbocycles. The molecule has 0 atom stereocenters. The summed E-state index contributed by atoms with van der Waals surface area (Å²) in [6.07, 6.45) is 16.4. The second kappa shape index (κ2) is 19.9. The number of amides is 1. The zero-order valence-corrected chi connectivity index (χ0v) is 29.4. The number of pyridine rings is 1. The number of aryl methyl sites for hydroxylation is 1. The van der Waals surface area contributed by atoms with E-state index in [1.165, 1.54) is 51.4 Å².